The molecule has 25 heavy (non-hydrogen) atoms. The molecule has 0 saturated carbocycles. The second-order valence-electron chi connectivity index (χ2n) is 6.01. The summed E-state index contributed by atoms with van der Waals surface area (Å²) in [6.45, 7) is 5.91. The molecule has 2 aromatic heterocycles. The van der Waals surface area contributed by atoms with Gasteiger partial charge in [0.05, 0.1) is 32.1 Å². The van der Waals surface area contributed by atoms with Gasteiger partial charge in [0.25, 0.3) is 0 Å². The van der Waals surface area contributed by atoms with Gasteiger partial charge in [-0.2, -0.15) is 10.2 Å². The third-order valence-corrected chi connectivity index (χ3v) is 4.06. The molecule has 1 aliphatic rings. The van der Waals surface area contributed by atoms with Gasteiger partial charge in [-0.3, -0.25) is 14.4 Å². The van der Waals surface area contributed by atoms with Gasteiger partial charge in [-0.15, -0.1) is 24.0 Å². The van der Waals surface area contributed by atoms with Crippen LogP contribution in [-0.4, -0.2) is 63.7 Å². The SMILES string of the molecule is CN=C(NCCn1cc(C)cn1)N1CCOC(c2cnn(C)c2)C1.I. The molecule has 0 aliphatic carbocycles. The maximum Gasteiger partial charge on any atom is 0.193 e. The monoisotopic (exact) mass is 459 g/mol. The normalized spacial score (nSPS) is 18.1. The molecular formula is C16H26IN7O. The quantitative estimate of drug-likeness (QED) is 0.423. The van der Waals surface area contributed by atoms with Gasteiger partial charge in [-0.25, -0.2) is 0 Å². The molecule has 8 nitrogen and oxygen atoms in total. The first-order valence-corrected chi connectivity index (χ1v) is 8.20. The highest BCUT2D eigenvalue weighted by Gasteiger charge is 2.24. The van der Waals surface area contributed by atoms with Crippen LogP contribution in [0.5, 0.6) is 0 Å². The van der Waals surface area contributed by atoms with Crippen molar-refractivity contribution < 1.29 is 4.74 Å². The summed E-state index contributed by atoms with van der Waals surface area (Å²) < 4.78 is 9.63. The summed E-state index contributed by atoms with van der Waals surface area (Å²) in [6.07, 6.45) is 7.81. The van der Waals surface area contributed by atoms with Crippen LogP contribution in [0.2, 0.25) is 0 Å². The fourth-order valence-corrected chi connectivity index (χ4v) is 2.85. The number of rotatable bonds is 4. The molecule has 1 unspecified atom stereocenters. The van der Waals surface area contributed by atoms with Crippen molar-refractivity contribution in [3.8, 4) is 0 Å². The van der Waals surface area contributed by atoms with Crippen LogP contribution in [0.15, 0.2) is 29.8 Å². The predicted octanol–water partition coefficient (Wildman–Crippen LogP) is 1.19. The summed E-state index contributed by atoms with van der Waals surface area (Å²) in [5.74, 6) is 0.899. The largest absolute Gasteiger partial charge is 0.370 e. The van der Waals surface area contributed by atoms with E-state index >= 15 is 0 Å². The van der Waals surface area contributed by atoms with E-state index in [1.807, 2.05) is 50.5 Å². The molecule has 138 valence electrons. The molecule has 1 aliphatic heterocycles. The van der Waals surface area contributed by atoms with E-state index in [9.17, 15) is 0 Å². The van der Waals surface area contributed by atoms with Crippen LogP contribution in [-0.2, 0) is 18.3 Å². The van der Waals surface area contributed by atoms with E-state index in [1.165, 1.54) is 5.56 Å². The summed E-state index contributed by atoms with van der Waals surface area (Å²) >= 11 is 0. The lowest BCUT2D eigenvalue weighted by Crippen LogP contribution is -2.48. The molecule has 0 amide bonds. The number of morpholine rings is 1. The molecule has 0 spiro atoms. The first-order chi connectivity index (χ1) is 11.7. The van der Waals surface area contributed by atoms with Crippen molar-refractivity contribution >= 4 is 29.9 Å². The van der Waals surface area contributed by atoms with Gasteiger partial charge < -0.3 is 15.0 Å². The number of aliphatic imine (C=N–C) groups is 1. The van der Waals surface area contributed by atoms with E-state index in [-0.39, 0.29) is 30.1 Å². The topological polar surface area (TPSA) is 72.5 Å². The highest BCUT2D eigenvalue weighted by atomic mass is 127. The number of nitrogens with zero attached hydrogens (tertiary/aromatic N) is 6. The lowest BCUT2D eigenvalue weighted by Gasteiger charge is -2.34. The molecule has 2 aromatic rings. The molecule has 0 aromatic carbocycles. The van der Waals surface area contributed by atoms with Gasteiger partial charge >= 0.3 is 0 Å². The summed E-state index contributed by atoms with van der Waals surface area (Å²) in [6, 6.07) is 0. The minimum Gasteiger partial charge on any atom is -0.370 e. The summed E-state index contributed by atoms with van der Waals surface area (Å²) in [5.41, 5.74) is 2.27. The van der Waals surface area contributed by atoms with Crippen LogP contribution < -0.4 is 5.32 Å². The standard InChI is InChI=1S/C16H25N7O.HI/c1-13-8-20-23(10-13)5-4-18-16(17-2)22-6-7-24-15(12-22)14-9-19-21(3)11-14;/h8-11,15H,4-7,12H2,1-3H3,(H,17,18);1H. The first-order valence-electron chi connectivity index (χ1n) is 8.20. The fraction of sp³-hybridized carbons (Fsp3) is 0.562. The number of ether oxygens (including phenoxy) is 1. The third kappa shape index (κ3) is 5.18. The van der Waals surface area contributed by atoms with Gasteiger partial charge in [-0.1, -0.05) is 0 Å². The summed E-state index contributed by atoms with van der Waals surface area (Å²) in [4.78, 5) is 6.64. The molecular weight excluding hydrogens is 433 g/mol. The van der Waals surface area contributed by atoms with Gasteiger partial charge in [0, 0.05) is 45.1 Å². The zero-order valence-electron chi connectivity index (χ0n) is 14.9. The van der Waals surface area contributed by atoms with Crippen LogP contribution in [0.4, 0.5) is 0 Å². The molecule has 0 radical (unpaired) electrons. The maximum atomic E-state index is 5.89. The van der Waals surface area contributed by atoms with E-state index in [4.69, 9.17) is 4.74 Å². The summed E-state index contributed by atoms with van der Waals surface area (Å²) in [7, 11) is 3.73. The van der Waals surface area contributed by atoms with Crippen LogP contribution in [0, 0.1) is 6.92 Å². The van der Waals surface area contributed by atoms with Crippen molar-refractivity contribution in [2.75, 3.05) is 33.3 Å². The Morgan fingerprint density at radius 1 is 1.36 bits per heavy atom. The number of aromatic nitrogens is 4. The Hall–Kier alpha value is -1.62. The number of guanidine groups is 1. The number of halogens is 1. The molecule has 1 atom stereocenters. The minimum absolute atomic E-state index is 0. The van der Waals surface area contributed by atoms with E-state index in [0.717, 1.165) is 37.7 Å². The minimum atomic E-state index is 0. The second-order valence-corrected chi connectivity index (χ2v) is 6.01. The molecule has 9 heteroatoms. The van der Waals surface area contributed by atoms with Gasteiger partial charge in [0.15, 0.2) is 5.96 Å². The van der Waals surface area contributed by atoms with Gasteiger partial charge in [0.1, 0.15) is 6.10 Å². The highest BCUT2D eigenvalue weighted by molar-refractivity contribution is 14.0. The van der Waals surface area contributed by atoms with Crippen LogP contribution in [0.1, 0.15) is 17.2 Å². The van der Waals surface area contributed by atoms with Crippen molar-refractivity contribution in [2.24, 2.45) is 12.0 Å². The lowest BCUT2D eigenvalue weighted by atomic mass is 10.1. The Kier molecular flexibility index (Phi) is 7.24. The van der Waals surface area contributed by atoms with Crippen molar-refractivity contribution in [1.82, 2.24) is 29.8 Å². The number of aryl methyl sites for hydroxylation is 2. The summed E-state index contributed by atoms with van der Waals surface area (Å²) in [5, 5.41) is 11.9. The number of hydrogen-bond donors (Lipinski definition) is 1. The average molecular weight is 459 g/mol. The second kappa shape index (κ2) is 9.18. The molecule has 1 saturated heterocycles. The molecule has 3 rings (SSSR count). The molecule has 0 bridgehead atoms. The van der Waals surface area contributed by atoms with Crippen LogP contribution in [0.3, 0.4) is 0 Å². The van der Waals surface area contributed by atoms with Crippen LogP contribution in [0.25, 0.3) is 0 Å². The van der Waals surface area contributed by atoms with E-state index < -0.39 is 0 Å². The zero-order valence-corrected chi connectivity index (χ0v) is 17.3. The molecule has 1 N–H and O–H groups in total. The van der Waals surface area contributed by atoms with Crippen molar-refractivity contribution in [2.45, 2.75) is 19.6 Å². The van der Waals surface area contributed by atoms with Gasteiger partial charge in [0.2, 0.25) is 0 Å². The Morgan fingerprint density at radius 2 is 2.20 bits per heavy atom. The fourth-order valence-electron chi connectivity index (χ4n) is 2.85. The Labute approximate surface area is 165 Å². The van der Waals surface area contributed by atoms with Crippen LogP contribution >= 0.6 is 24.0 Å². The zero-order chi connectivity index (χ0) is 16.9. The highest BCUT2D eigenvalue weighted by Crippen LogP contribution is 2.21. The lowest BCUT2D eigenvalue weighted by molar-refractivity contribution is -0.00803. The first kappa shape index (κ1) is 19.7. The average Bonchev–Trinajstić information content (AvgIpc) is 3.20. The van der Waals surface area contributed by atoms with E-state index in [2.05, 4.69) is 25.4 Å². The number of hydrogen-bond acceptors (Lipinski definition) is 4. The Balaban J connectivity index is 0.00000225. The Bertz CT molecular complexity index is 696. The molecule has 1 fully saturated rings. The van der Waals surface area contributed by atoms with Crippen molar-refractivity contribution in [1.29, 1.82) is 0 Å². The number of nitrogens with one attached hydrogen (secondary N) is 1. The van der Waals surface area contributed by atoms with Gasteiger partial charge in [-0.05, 0) is 12.5 Å². The van der Waals surface area contributed by atoms with Crippen molar-refractivity contribution in [3.63, 3.8) is 0 Å². The van der Waals surface area contributed by atoms with E-state index in [0.29, 0.717) is 6.61 Å². The smallest absolute Gasteiger partial charge is 0.193 e. The van der Waals surface area contributed by atoms with E-state index in [1.54, 1.807) is 4.68 Å². The Morgan fingerprint density at radius 3 is 2.84 bits per heavy atom. The molecule has 3 heterocycles. The third-order valence-electron chi connectivity index (χ3n) is 4.06. The predicted molar refractivity (Wildman–Crippen MR) is 107 cm³/mol. The maximum absolute atomic E-state index is 5.89. The van der Waals surface area contributed by atoms with Crippen molar-refractivity contribution in [3.05, 3.63) is 35.9 Å².